The molecule has 1 fully saturated rings. The minimum atomic E-state index is -0.310. The van der Waals surface area contributed by atoms with Crippen molar-refractivity contribution in [2.24, 2.45) is 0 Å². The Hall–Kier alpha value is -3.07. The minimum absolute atomic E-state index is 0.0208. The number of thiophene rings is 1. The van der Waals surface area contributed by atoms with Gasteiger partial charge in [-0.1, -0.05) is 42.5 Å². The number of hydrogen-bond acceptors (Lipinski definition) is 5. The summed E-state index contributed by atoms with van der Waals surface area (Å²) in [4.78, 5) is 33.7. The summed E-state index contributed by atoms with van der Waals surface area (Å²) in [6.07, 6.45) is 2.33. The number of hydrogen-bond donors (Lipinski definition) is 0. The Kier molecular flexibility index (Phi) is 10.4. The molecule has 2 aromatic carbocycles. The van der Waals surface area contributed by atoms with E-state index in [1.165, 1.54) is 25.0 Å². The van der Waals surface area contributed by atoms with Crippen molar-refractivity contribution in [2.75, 3.05) is 39.3 Å². The molecule has 0 bridgehead atoms. The molecule has 1 aromatic heterocycles. The SMILES string of the molecule is Cc1ccsc1CN(Cc1ccc(F)cc1)C(=O)CN(CCN1CCCC1)C(=O)COCc1ccccc1. The summed E-state index contributed by atoms with van der Waals surface area (Å²) < 4.78 is 19.2. The second-order valence-electron chi connectivity index (χ2n) is 9.75. The van der Waals surface area contributed by atoms with Crippen LogP contribution in [-0.2, 0) is 34.0 Å². The van der Waals surface area contributed by atoms with Crippen molar-refractivity contribution in [3.05, 3.63) is 93.4 Å². The van der Waals surface area contributed by atoms with Gasteiger partial charge in [-0.3, -0.25) is 9.59 Å². The van der Waals surface area contributed by atoms with E-state index in [4.69, 9.17) is 4.74 Å². The Labute approximate surface area is 228 Å². The van der Waals surface area contributed by atoms with Crippen LogP contribution in [0.25, 0.3) is 0 Å². The Morgan fingerprint density at radius 2 is 1.66 bits per heavy atom. The molecule has 38 heavy (non-hydrogen) atoms. The molecule has 0 aliphatic carbocycles. The molecule has 3 aromatic rings. The van der Waals surface area contributed by atoms with Gasteiger partial charge >= 0.3 is 0 Å². The zero-order valence-corrected chi connectivity index (χ0v) is 22.8. The Morgan fingerprint density at radius 1 is 0.921 bits per heavy atom. The Morgan fingerprint density at radius 3 is 2.34 bits per heavy atom. The normalized spacial score (nSPS) is 13.5. The molecule has 4 rings (SSSR count). The van der Waals surface area contributed by atoms with Crippen molar-refractivity contribution in [2.45, 2.75) is 39.5 Å². The van der Waals surface area contributed by atoms with Crippen molar-refractivity contribution in [3.8, 4) is 0 Å². The van der Waals surface area contributed by atoms with Crippen molar-refractivity contribution in [1.82, 2.24) is 14.7 Å². The van der Waals surface area contributed by atoms with E-state index in [-0.39, 0.29) is 30.8 Å². The van der Waals surface area contributed by atoms with Gasteiger partial charge in [0.2, 0.25) is 11.8 Å². The van der Waals surface area contributed by atoms with Crippen LogP contribution in [-0.4, -0.2) is 65.8 Å². The van der Waals surface area contributed by atoms with Crippen LogP contribution in [0, 0.1) is 12.7 Å². The zero-order valence-electron chi connectivity index (χ0n) is 22.0. The quantitative estimate of drug-likeness (QED) is 0.312. The molecule has 0 saturated carbocycles. The predicted molar refractivity (Wildman–Crippen MR) is 148 cm³/mol. The highest BCUT2D eigenvalue weighted by Crippen LogP contribution is 2.20. The average Bonchev–Trinajstić information content (AvgIpc) is 3.59. The molecule has 1 aliphatic heterocycles. The molecule has 6 nitrogen and oxygen atoms in total. The molecule has 202 valence electrons. The summed E-state index contributed by atoms with van der Waals surface area (Å²) in [5.41, 5.74) is 2.97. The van der Waals surface area contributed by atoms with E-state index in [1.54, 1.807) is 33.3 Å². The van der Waals surface area contributed by atoms with Crippen LogP contribution in [0.1, 0.15) is 34.4 Å². The first-order chi connectivity index (χ1) is 18.5. The van der Waals surface area contributed by atoms with E-state index < -0.39 is 0 Å². The van der Waals surface area contributed by atoms with Gasteiger partial charge in [0.15, 0.2) is 0 Å². The van der Waals surface area contributed by atoms with Gasteiger partial charge in [0, 0.05) is 24.5 Å². The second kappa shape index (κ2) is 14.2. The van der Waals surface area contributed by atoms with E-state index in [9.17, 15) is 14.0 Å². The summed E-state index contributed by atoms with van der Waals surface area (Å²) in [5.74, 6) is -0.641. The molecule has 1 saturated heterocycles. The molecule has 0 atom stereocenters. The van der Waals surface area contributed by atoms with Crippen LogP contribution in [0.5, 0.6) is 0 Å². The number of halogens is 1. The van der Waals surface area contributed by atoms with Crippen LogP contribution >= 0.6 is 11.3 Å². The van der Waals surface area contributed by atoms with Crippen LogP contribution in [0.3, 0.4) is 0 Å². The number of benzene rings is 2. The van der Waals surface area contributed by atoms with Gasteiger partial charge in [-0.15, -0.1) is 11.3 Å². The van der Waals surface area contributed by atoms with Gasteiger partial charge in [-0.25, -0.2) is 4.39 Å². The van der Waals surface area contributed by atoms with Gasteiger partial charge in [0.1, 0.15) is 12.4 Å². The summed E-state index contributed by atoms with van der Waals surface area (Å²) >= 11 is 1.61. The third-order valence-electron chi connectivity index (χ3n) is 6.84. The van der Waals surface area contributed by atoms with E-state index in [1.807, 2.05) is 48.7 Å². The first kappa shape index (κ1) is 28.0. The third kappa shape index (κ3) is 8.48. The van der Waals surface area contributed by atoms with Gasteiger partial charge in [0.05, 0.1) is 19.7 Å². The molecule has 2 amide bonds. The van der Waals surface area contributed by atoms with E-state index in [0.717, 1.165) is 41.2 Å². The average molecular weight is 538 g/mol. The summed E-state index contributed by atoms with van der Waals surface area (Å²) in [6.45, 7) is 6.31. The molecule has 0 spiro atoms. The van der Waals surface area contributed by atoms with Gasteiger partial charge in [-0.2, -0.15) is 0 Å². The number of carbonyl (C=O) groups excluding carboxylic acids is 2. The standard InChI is InChI=1S/C30H36FN3O3S/c1-24-13-18-38-28(24)20-34(19-25-9-11-27(31)12-10-25)29(35)21-33(17-16-32-14-5-6-15-32)30(36)23-37-22-26-7-3-2-4-8-26/h2-4,7-13,18H,5-6,14-17,19-23H2,1H3. The number of ether oxygens (including phenoxy) is 1. The topological polar surface area (TPSA) is 53.1 Å². The van der Waals surface area contributed by atoms with Crippen LogP contribution in [0.15, 0.2) is 66.0 Å². The summed E-state index contributed by atoms with van der Waals surface area (Å²) in [6, 6.07) is 18.0. The van der Waals surface area contributed by atoms with E-state index >= 15 is 0 Å². The number of likely N-dealkylation sites (tertiary alicyclic amines) is 1. The largest absolute Gasteiger partial charge is 0.367 e. The lowest BCUT2D eigenvalue weighted by atomic mass is 10.2. The summed E-state index contributed by atoms with van der Waals surface area (Å²) in [5, 5.41) is 2.02. The molecule has 8 heteroatoms. The van der Waals surface area contributed by atoms with Crippen molar-refractivity contribution in [3.63, 3.8) is 0 Å². The smallest absolute Gasteiger partial charge is 0.249 e. The van der Waals surface area contributed by atoms with Gasteiger partial charge < -0.3 is 19.4 Å². The highest BCUT2D eigenvalue weighted by molar-refractivity contribution is 7.10. The lowest BCUT2D eigenvalue weighted by Crippen LogP contribution is -2.46. The predicted octanol–water partition coefficient (Wildman–Crippen LogP) is 4.87. The molecule has 0 radical (unpaired) electrons. The number of rotatable bonds is 13. The van der Waals surface area contributed by atoms with Crippen molar-refractivity contribution >= 4 is 23.2 Å². The Balaban J connectivity index is 1.44. The minimum Gasteiger partial charge on any atom is -0.367 e. The van der Waals surface area contributed by atoms with Gasteiger partial charge in [-0.05, 0) is 73.1 Å². The van der Waals surface area contributed by atoms with Crippen LogP contribution in [0.4, 0.5) is 4.39 Å². The maximum Gasteiger partial charge on any atom is 0.249 e. The fourth-order valence-electron chi connectivity index (χ4n) is 4.53. The highest BCUT2D eigenvalue weighted by Gasteiger charge is 2.24. The molecule has 1 aliphatic rings. The highest BCUT2D eigenvalue weighted by atomic mass is 32.1. The fourth-order valence-corrected chi connectivity index (χ4v) is 5.45. The van der Waals surface area contributed by atoms with Gasteiger partial charge in [0.25, 0.3) is 0 Å². The van der Waals surface area contributed by atoms with E-state index in [2.05, 4.69) is 4.90 Å². The van der Waals surface area contributed by atoms with Crippen LogP contribution < -0.4 is 0 Å². The first-order valence-corrected chi connectivity index (χ1v) is 14.0. The number of nitrogens with zero attached hydrogens (tertiary/aromatic N) is 3. The summed E-state index contributed by atoms with van der Waals surface area (Å²) in [7, 11) is 0. The maximum atomic E-state index is 13.7. The first-order valence-electron chi connectivity index (χ1n) is 13.1. The van der Waals surface area contributed by atoms with Crippen LogP contribution in [0.2, 0.25) is 0 Å². The molecular weight excluding hydrogens is 501 g/mol. The molecule has 0 N–H and O–H groups in total. The molecular formula is C30H36FN3O3S. The monoisotopic (exact) mass is 537 g/mol. The second-order valence-corrected chi connectivity index (χ2v) is 10.7. The number of carbonyl (C=O) groups is 2. The van der Waals surface area contributed by atoms with Crippen molar-refractivity contribution in [1.29, 1.82) is 0 Å². The zero-order chi connectivity index (χ0) is 26.7. The van der Waals surface area contributed by atoms with E-state index in [0.29, 0.717) is 26.2 Å². The Bertz CT molecular complexity index is 1160. The third-order valence-corrected chi connectivity index (χ3v) is 7.85. The molecule has 0 unspecified atom stereocenters. The number of amides is 2. The number of aryl methyl sites for hydroxylation is 1. The lowest BCUT2D eigenvalue weighted by Gasteiger charge is -2.29. The fraction of sp³-hybridized carbons (Fsp3) is 0.400. The molecule has 2 heterocycles. The lowest BCUT2D eigenvalue weighted by molar-refractivity contribution is -0.144. The van der Waals surface area contributed by atoms with Crippen molar-refractivity contribution < 1.29 is 18.7 Å². The maximum absolute atomic E-state index is 13.7.